The van der Waals surface area contributed by atoms with Gasteiger partial charge in [0.2, 0.25) is 11.8 Å². The predicted octanol–water partition coefficient (Wildman–Crippen LogP) is 5.46. The monoisotopic (exact) mass is 486 g/mol. The highest BCUT2D eigenvalue weighted by molar-refractivity contribution is 6.36. The van der Waals surface area contributed by atoms with Crippen molar-refractivity contribution in [2.24, 2.45) is 10.2 Å². The van der Waals surface area contributed by atoms with Crippen molar-refractivity contribution in [3.8, 4) is 0 Å². The Labute approximate surface area is 194 Å². The number of hydrogen-bond donors (Lipinski definition) is 2. The zero-order chi connectivity index (χ0) is 21.9. The molecule has 0 aromatic heterocycles. The van der Waals surface area contributed by atoms with Gasteiger partial charge < -0.3 is 0 Å². The maximum Gasteiger partial charge on any atom is 0.240 e. The van der Waals surface area contributed by atoms with E-state index in [4.69, 9.17) is 46.4 Å². The number of hydrogen-bond acceptors (Lipinski definition) is 4. The van der Waals surface area contributed by atoms with Crippen LogP contribution in [0.25, 0.3) is 0 Å². The molecule has 0 heterocycles. The van der Waals surface area contributed by atoms with Crippen molar-refractivity contribution < 1.29 is 9.59 Å². The molecule has 0 saturated heterocycles. The molecule has 2 aromatic carbocycles. The molecule has 2 N–H and O–H groups in total. The van der Waals surface area contributed by atoms with E-state index in [0.717, 1.165) is 0 Å². The molecule has 2 rings (SSSR count). The van der Waals surface area contributed by atoms with Crippen LogP contribution >= 0.6 is 46.4 Å². The summed E-state index contributed by atoms with van der Waals surface area (Å²) in [4.78, 5) is 23.6. The highest BCUT2D eigenvalue weighted by atomic mass is 35.5. The second kappa shape index (κ2) is 12.5. The molecular weight excluding hydrogens is 470 g/mol. The quantitative estimate of drug-likeness (QED) is 0.279. The summed E-state index contributed by atoms with van der Waals surface area (Å²) < 4.78 is 0. The number of nitrogens with one attached hydrogen (secondary N) is 2. The van der Waals surface area contributed by atoms with Crippen LogP contribution in [0.2, 0.25) is 20.1 Å². The number of halogens is 4. The summed E-state index contributed by atoms with van der Waals surface area (Å²) in [5, 5.41) is 9.63. The average molecular weight is 488 g/mol. The lowest BCUT2D eigenvalue weighted by molar-refractivity contribution is -0.123. The Hall–Kier alpha value is -2.12. The second-order valence-corrected chi connectivity index (χ2v) is 7.81. The Balaban J connectivity index is 1.63. The van der Waals surface area contributed by atoms with Crippen molar-refractivity contribution in [1.29, 1.82) is 0 Å². The number of carbonyl (C=O) groups is 2. The summed E-state index contributed by atoms with van der Waals surface area (Å²) in [6.07, 6.45) is 4.42. The van der Waals surface area contributed by atoms with E-state index in [1.807, 2.05) is 0 Å². The van der Waals surface area contributed by atoms with Gasteiger partial charge in [-0.15, -0.1) is 0 Å². The van der Waals surface area contributed by atoms with Crippen LogP contribution in [0.3, 0.4) is 0 Å². The predicted molar refractivity (Wildman–Crippen MR) is 123 cm³/mol. The van der Waals surface area contributed by atoms with Gasteiger partial charge in [0, 0.05) is 34.0 Å². The maximum atomic E-state index is 11.8. The molecular formula is C20H18Cl4N4O2. The fourth-order valence-electron chi connectivity index (χ4n) is 2.24. The molecule has 30 heavy (non-hydrogen) atoms. The van der Waals surface area contributed by atoms with Crippen LogP contribution in [0, 0.1) is 0 Å². The lowest BCUT2D eigenvalue weighted by Crippen LogP contribution is -2.19. The van der Waals surface area contributed by atoms with Crippen LogP contribution in [-0.2, 0) is 9.59 Å². The molecule has 0 aliphatic heterocycles. The summed E-state index contributed by atoms with van der Waals surface area (Å²) in [6.45, 7) is 0. The first-order chi connectivity index (χ1) is 14.3. The summed E-state index contributed by atoms with van der Waals surface area (Å²) in [5.74, 6) is -0.515. The first kappa shape index (κ1) is 24.2. The number of benzene rings is 2. The molecule has 0 spiro atoms. The lowest BCUT2D eigenvalue weighted by Gasteiger charge is -2.02. The third kappa shape index (κ3) is 8.71. The average Bonchev–Trinajstić information content (AvgIpc) is 2.68. The molecule has 6 nitrogen and oxygen atoms in total. The largest absolute Gasteiger partial charge is 0.273 e. The molecule has 0 radical (unpaired) electrons. The van der Waals surface area contributed by atoms with Crippen LogP contribution in [0.4, 0.5) is 0 Å². The summed E-state index contributed by atoms with van der Waals surface area (Å²) in [5.41, 5.74) is 6.11. The molecule has 0 atom stereocenters. The Kier molecular flexibility index (Phi) is 10.1. The van der Waals surface area contributed by atoms with Crippen LogP contribution in [0.15, 0.2) is 46.6 Å². The Bertz CT molecular complexity index is 886. The van der Waals surface area contributed by atoms with Gasteiger partial charge in [-0.25, -0.2) is 10.9 Å². The fourth-order valence-corrected chi connectivity index (χ4v) is 3.16. The van der Waals surface area contributed by atoms with E-state index >= 15 is 0 Å². The fraction of sp³-hybridized carbons (Fsp3) is 0.200. The second-order valence-electron chi connectivity index (χ2n) is 6.13. The van der Waals surface area contributed by atoms with E-state index in [2.05, 4.69) is 21.1 Å². The number of carbonyl (C=O) groups excluding carboxylic acids is 2. The normalized spacial score (nSPS) is 11.2. The Morgan fingerprint density at radius 1 is 0.733 bits per heavy atom. The van der Waals surface area contributed by atoms with Gasteiger partial charge in [-0.3, -0.25) is 9.59 Å². The Morgan fingerprint density at radius 2 is 1.13 bits per heavy atom. The maximum absolute atomic E-state index is 11.8. The van der Waals surface area contributed by atoms with Crippen molar-refractivity contribution in [3.63, 3.8) is 0 Å². The standard InChI is InChI=1S/C20H18Cl4N4O2/c21-15-7-5-13(17(23)9-15)11-25-27-19(29)3-1-2-4-20(30)28-26-12-14-6-8-16(22)10-18(14)24/h5-12H,1-4H2,(H,27,29)(H,28,30). The minimum atomic E-state index is -0.257. The summed E-state index contributed by atoms with van der Waals surface area (Å²) in [6, 6.07) is 9.92. The van der Waals surface area contributed by atoms with Gasteiger partial charge in [0.15, 0.2) is 0 Å². The minimum Gasteiger partial charge on any atom is -0.273 e. The molecule has 0 bridgehead atoms. The van der Waals surface area contributed by atoms with Crippen LogP contribution in [0.5, 0.6) is 0 Å². The van der Waals surface area contributed by atoms with Gasteiger partial charge in [-0.2, -0.15) is 10.2 Å². The summed E-state index contributed by atoms with van der Waals surface area (Å²) >= 11 is 23.7. The molecule has 0 aliphatic rings. The molecule has 0 unspecified atom stereocenters. The Morgan fingerprint density at radius 3 is 1.50 bits per heavy atom. The van der Waals surface area contributed by atoms with Crippen molar-refractivity contribution in [2.45, 2.75) is 25.7 Å². The number of nitrogens with zero attached hydrogens (tertiary/aromatic N) is 2. The molecule has 0 fully saturated rings. The lowest BCUT2D eigenvalue weighted by atomic mass is 10.2. The SMILES string of the molecule is O=C(CCCCC(=O)NN=Cc1ccc(Cl)cc1Cl)NN=Cc1ccc(Cl)cc1Cl. The molecule has 0 saturated carbocycles. The number of rotatable bonds is 9. The van der Waals surface area contributed by atoms with E-state index in [-0.39, 0.29) is 24.7 Å². The minimum absolute atomic E-state index is 0.239. The van der Waals surface area contributed by atoms with Crippen LogP contribution in [0.1, 0.15) is 36.8 Å². The van der Waals surface area contributed by atoms with Gasteiger partial charge >= 0.3 is 0 Å². The van der Waals surface area contributed by atoms with E-state index in [1.165, 1.54) is 12.4 Å². The van der Waals surface area contributed by atoms with E-state index in [0.29, 0.717) is 44.1 Å². The van der Waals surface area contributed by atoms with Gasteiger partial charge in [-0.1, -0.05) is 58.5 Å². The van der Waals surface area contributed by atoms with E-state index in [9.17, 15) is 9.59 Å². The topological polar surface area (TPSA) is 82.9 Å². The smallest absolute Gasteiger partial charge is 0.240 e. The van der Waals surface area contributed by atoms with Crippen molar-refractivity contribution in [2.75, 3.05) is 0 Å². The number of hydrazone groups is 2. The van der Waals surface area contributed by atoms with Crippen molar-refractivity contribution >= 4 is 70.6 Å². The highest BCUT2D eigenvalue weighted by Crippen LogP contribution is 2.20. The van der Waals surface area contributed by atoms with Gasteiger partial charge in [-0.05, 0) is 37.1 Å². The number of unbranched alkanes of at least 4 members (excludes halogenated alkanes) is 1. The van der Waals surface area contributed by atoms with Crippen molar-refractivity contribution in [3.05, 3.63) is 67.6 Å². The zero-order valence-corrected chi connectivity index (χ0v) is 18.7. The van der Waals surface area contributed by atoms with E-state index < -0.39 is 0 Å². The molecule has 2 aromatic rings. The molecule has 2 amide bonds. The third-order valence-corrected chi connectivity index (χ3v) is 4.89. The number of amides is 2. The van der Waals surface area contributed by atoms with Crippen LogP contribution in [-0.4, -0.2) is 24.2 Å². The van der Waals surface area contributed by atoms with Gasteiger partial charge in [0.25, 0.3) is 0 Å². The van der Waals surface area contributed by atoms with E-state index in [1.54, 1.807) is 36.4 Å². The van der Waals surface area contributed by atoms with Crippen LogP contribution < -0.4 is 10.9 Å². The highest BCUT2D eigenvalue weighted by Gasteiger charge is 2.04. The molecule has 158 valence electrons. The first-order valence-corrected chi connectivity index (χ1v) is 10.4. The first-order valence-electron chi connectivity index (χ1n) is 8.89. The van der Waals surface area contributed by atoms with Gasteiger partial charge in [0.05, 0.1) is 22.5 Å². The molecule has 10 heteroatoms. The third-order valence-electron chi connectivity index (χ3n) is 3.77. The molecule has 0 aliphatic carbocycles. The van der Waals surface area contributed by atoms with Crippen molar-refractivity contribution in [1.82, 2.24) is 10.9 Å². The van der Waals surface area contributed by atoms with Gasteiger partial charge in [0.1, 0.15) is 0 Å². The zero-order valence-electron chi connectivity index (χ0n) is 15.7. The summed E-state index contributed by atoms with van der Waals surface area (Å²) in [7, 11) is 0.